The summed E-state index contributed by atoms with van der Waals surface area (Å²) in [4.78, 5) is 4.76. The van der Waals surface area contributed by atoms with Crippen LogP contribution in [0.2, 0.25) is 0 Å². The van der Waals surface area contributed by atoms with Gasteiger partial charge in [0.25, 0.3) is 0 Å². The molecule has 2 aromatic heterocycles. The molecule has 3 heteroatoms. The van der Waals surface area contributed by atoms with Crippen LogP contribution in [-0.2, 0) is 5.31 Å². The quantitative estimate of drug-likeness (QED) is 0.285. The molecule has 0 saturated carbocycles. The van der Waals surface area contributed by atoms with E-state index >= 15 is 0 Å². The van der Waals surface area contributed by atoms with Crippen LogP contribution in [-0.4, -0.2) is 12.8 Å². The summed E-state index contributed by atoms with van der Waals surface area (Å²) in [5, 5.41) is 6.36. The van der Waals surface area contributed by atoms with Crippen LogP contribution in [0.4, 0.5) is 0 Å². The van der Waals surface area contributed by atoms with Crippen LogP contribution in [0.25, 0.3) is 54.7 Å². The number of fused-ring (bicyclic) bond motifs is 6. The zero-order chi connectivity index (χ0) is 21.2. The third kappa shape index (κ3) is 2.77. The molecule has 6 rings (SSSR count). The lowest BCUT2D eigenvalue weighted by atomic mass is 9.67. The predicted molar refractivity (Wildman–Crippen MR) is 131 cm³/mol. The number of hydrogen-bond acceptors (Lipinski definition) is 2. The first-order valence-corrected chi connectivity index (χ1v) is 10.5. The highest BCUT2D eigenvalue weighted by atomic mass is 16.3. The van der Waals surface area contributed by atoms with Gasteiger partial charge in [0.1, 0.15) is 11.2 Å². The van der Waals surface area contributed by atoms with Crippen LogP contribution in [0.1, 0.15) is 19.4 Å². The minimum Gasteiger partial charge on any atom is -0.455 e. The first-order chi connectivity index (χ1) is 15.0. The maximum Gasteiger partial charge on any atom is 0.144 e. The number of rotatable bonds is 2. The SMILES string of the molecule is [B]C(C)(C)c1ccc2c(-c3cccc4c3oc3c5ccccc5ccc43)nccc2c1. The third-order valence-electron chi connectivity index (χ3n) is 6.15. The smallest absolute Gasteiger partial charge is 0.144 e. The van der Waals surface area contributed by atoms with Gasteiger partial charge in [0, 0.05) is 33.3 Å². The van der Waals surface area contributed by atoms with E-state index < -0.39 is 5.31 Å². The second-order valence-corrected chi connectivity index (χ2v) is 8.76. The predicted octanol–water partition coefficient (Wildman–Crippen LogP) is 7.36. The van der Waals surface area contributed by atoms with Gasteiger partial charge in [-0.3, -0.25) is 4.98 Å². The minimum absolute atomic E-state index is 0.391. The van der Waals surface area contributed by atoms with Crippen LogP contribution >= 0.6 is 0 Å². The standard InChI is InChI=1S/C28H20BNO/c1-28(2,29)19-11-13-20-18(16-19)14-15-30-25(20)24-9-5-8-22-23-12-10-17-6-3-4-7-21(17)26(23)31-27(22)24/h3-16H,1-2H3. The summed E-state index contributed by atoms with van der Waals surface area (Å²) < 4.78 is 6.52. The van der Waals surface area contributed by atoms with E-state index in [1.54, 1.807) is 0 Å². The summed E-state index contributed by atoms with van der Waals surface area (Å²) in [7, 11) is 6.33. The van der Waals surface area contributed by atoms with Crippen LogP contribution in [0.3, 0.4) is 0 Å². The van der Waals surface area contributed by atoms with Gasteiger partial charge in [-0.25, -0.2) is 0 Å². The number of hydrogen-bond donors (Lipinski definition) is 0. The Bertz CT molecular complexity index is 1620. The Morgan fingerprint density at radius 1 is 0.710 bits per heavy atom. The van der Waals surface area contributed by atoms with Crippen molar-refractivity contribution in [1.29, 1.82) is 0 Å². The van der Waals surface area contributed by atoms with Crippen molar-refractivity contribution in [3.63, 3.8) is 0 Å². The lowest BCUT2D eigenvalue weighted by Gasteiger charge is -2.20. The fourth-order valence-corrected chi connectivity index (χ4v) is 4.51. The van der Waals surface area contributed by atoms with Crippen molar-refractivity contribution in [3.8, 4) is 11.3 Å². The molecule has 0 bridgehead atoms. The molecule has 0 aliphatic carbocycles. The van der Waals surface area contributed by atoms with E-state index in [0.717, 1.165) is 54.9 Å². The summed E-state index contributed by atoms with van der Waals surface area (Å²) in [6.45, 7) is 4.05. The molecule has 0 amide bonds. The maximum absolute atomic E-state index is 6.52. The van der Waals surface area contributed by atoms with Gasteiger partial charge >= 0.3 is 0 Å². The van der Waals surface area contributed by atoms with E-state index in [2.05, 4.69) is 72.8 Å². The van der Waals surface area contributed by atoms with E-state index in [9.17, 15) is 0 Å². The van der Waals surface area contributed by atoms with Gasteiger partial charge in [-0.1, -0.05) is 80.1 Å². The highest BCUT2D eigenvalue weighted by Gasteiger charge is 2.18. The lowest BCUT2D eigenvalue weighted by Crippen LogP contribution is -2.16. The third-order valence-corrected chi connectivity index (χ3v) is 6.15. The molecule has 6 aromatic rings. The lowest BCUT2D eigenvalue weighted by molar-refractivity contribution is 0.673. The molecular formula is C28H20BNO. The van der Waals surface area contributed by atoms with Gasteiger partial charge < -0.3 is 4.42 Å². The fourth-order valence-electron chi connectivity index (χ4n) is 4.51. The van der Waals surface area contributed by atoms with Gasteiger partial charge in [-0.05, 0) is 34.3 Å². The molecule has 0 aliphatic heterocycles. The summed E-state index contributed by atoms with van der Waals surface area (Å²) in [6.07, 6.45) is 1.86. The topological polar surface area (TPSA) is 26.0 Å². The summed E-state index contributed by atoms with van der Waals surface area (Å²) >= 11 is 0. The first kappa shape index (κ1) is 18.2. The van der Waals surface area contributed by atoms with E-state index in [-0.39, 0.29) is 0 Å². The van der Waals surface area contributed by atoms with Crippen LogP contribution < -0.4 is 0 Å². The Morgan fingerprint density at radius 2 is 1.48 bits per heavy atom. The number of para-hydroxylation sites is 1. The first-order valence-electron chi connectivity index (χ1n) is 10.5. The van der Waals surface area contributed by atoms with E-state index in [4.69, 9.17) is 17.2 Å². The number of pyridine rings is 1. The molecule has 0 atom stereocenters. The van der Waals surface area contributed by atoms with Crippen LogP contribution in [0, 0.1) is 0 Å². The summed E-state index contributed by atoms with van der Waals surface area (Å²) in [6, 6.07) is 27.4. The van der Waals surface area contributed by atoms with Crippen molar-refractivity contribution in [2.24, 2.45) is 0 Å². The Kier molecular flexibility index (Phi) is 3.79. The second-order valence-electron chi connectivity index (χ2n) is 8.76. The summed E-state index contributed by atoms with van der Waals surface area (Å²) in [5.74, 6) is 0. The molecular weight excluding hydrogens is 377 g/mol. The van der Waals surface area contributed by atoms with Crippen molar-refractivity contribution in [1.82, 2.24) is 4.98 Å². The van der Waals surface area contributed by atoms with Gasteiger partial charge in [0.15, 0.2) is 0 Å². The molecule has 2 radical (unpaired) electrons. The Balaban J connectivity index is 1.66. The molecule has 146 valence electrons. The van der Waals surface area contributed by atoms with E-state index in [0.29, 0.717) is 0 Å². The van der Waals surface area contributed by atoms with E-state index in [1.165, 1.54) is 5.39 Å². The highest BCUT2D eigenvalue weighted by Crippen LogP contribution is 2.40. The monoisotopic (exact) mass is 397 g/mol. The van der Waals surface area contributed by atoms with Crippen molar-refractivity contribution < 1.29 is 4.42 Å². The molecule has 31 heavy (non-hydrogen) atoms. The van der Waals surface area contributed by atoms with Gasteiger partial charge in [-0.15, -0.1) is 0 Å². The molecule has 0 aliphatic rings. The Morgan fingerprint density at radius 3 is 2.35 bits per heavy atom. The molecule has 0 unspecified atom stereocenters. The van der Waals surface area contributed by atoms with Gasteiger partial charge in [-0.2, -0.15) is 0 Å². The maximum atomic E-state index is 6.52. The van der Waals surface area contributed by atoms with Crippen LogP contribution in [0.15, 0.2) is 89.5 Å². The zero-order valence-electron chi connectivity index (χ0n) is 17.5. The molecule has 0 saturated heterocycles. The summed E-state index contributed by atoms with van der Waals surface area (Å²) in [5.41, 5.74) is 4.83. The molecule has 2 heterocycles. The molecule has 2 nitrogen and oxygen atoms in total. The second kappa shape index (κ2) is 6.45. The largest absolute Gasteiger partial charge is 0.455 e. The average molecular weight is 397 g/mol. The number of aromatic nitrogens is 1. The average Bonchev–Trinajstić information content (AvgIpc) is 3.17. The van der Waals surface area contributed by atoms with Crippen molar-refractivity contribution >= 4 is 51.3 Å². The molecule has 0 fully saturated rings. The van der Waals surface area contributed by atoms with Crippen LogP contribution in [0.5, 0.6) is 0 Å². The Labute approximate surface area is 181 Å². The van der Waals surface area contributed by atoms with E-state index in [1.807, 2.05) is 26.1 Å². The molecule has 0 spiro atoms. The molecule has 0 N–H and O–H groups in total. The fraction of sp³-hybridized carbons (Fsp3) is 0.107. The molecule has 4 aromatic carbocycles. The number of nitrogens with zero attached hydrogens (tertiary/aromatic N) is 1. The van der Waals surface area contributed by atoms with Crippen molar-refractivity contribution in [3.05, 3.63) is 90.6 Å². The van der Waals surface area contributed by atoms with Gasteiger partial charge in [0.2, 0.25) is 0 Å². The Hall–Kier alpha value is -3.59. The number of benzene rings is 4. The van der Waals surface area contributed by atoms with Crippen molar-refractivity contribution in [2.45, 2.75) is 19.2 Å². The normalized spacial score (nSPS) is 12.3. The number of furan rings is 1. The van der Waals surface area contributed by atoms with Gasteiger partial charge in [0.05, 0.1) is 13.5 Å². The minimum atomic E-state index is -0.391. The highest BCUT2D eigenvalue weighted by molar-refractivity contribution is 6.18. The zero-order valence-corrected chi connectivity index (χ0v) is 17.5. The van der Waals surface area contributed by atoms with Crippen molar-refractivity contribution in [2.75, 3.05) is 0 Å².